The summed E-state index contributed by atoms with van der Waals surface area (Å²) in [6, 6.07) is 21.3. The van der Waals surface area contributed by atoms with Gasteiger partial charge in [0.05, 0.1) is 12.0 Å². The first-order valence-electron chi connectivity index (χ1n) is 8.42. The minimum atomic E-state index is -0.209. The Morgan fingerprint density at radius 3 is 2.52 bits per heavy atom. The molecule has 1 N–H and O–H groups in total. The van der Waals surface area contributed by atoms with Gasteiger partial charge in [0.15, 0.2) is 0 Å². The minimum absolute atomic E-state index is 0.209. The molecule has 2 aromatic heterocycles. The van der Waals surface area contributed by atoms with Crippen molar-refractivity contribution in [3.8, 4) is 21.8 Å². The van der Waals surface area contributed by atoms with Crippen molar-refractivity contribution >= 4 is 29.0 Å². The normalized spacial score (nSPS) is 11.0. The molecule has 0 radical (unpaired) electrons. The number of nitrogens with one attached hydrogen (secondary N) is 1. The molecule has 5 heteroatoms. The SMILES string of the molecule is O=C(/C=C/c1ccco1)Nc1ccc(-c2csc(-c3ccccc3)n2)cc1. The average Bonchev–Trinajstić information content (AvgIpc) is 3.40. The maximum Gasteiger partial charge on any atom is 0.248 e. The van der Waals surface area contributed by atoms with Crippen molar-refractivity contribution in [3.63, 3.8) is 0 Å². The van der Waals surface area contributed by atoms with Crippen molar-refractivity contribution in [3.05, 3.63) is 90.2 Å². The number of hydrogen-bond donors (Lipinski definition) is 1. The molecular formula is C22H16N2O2S. The van der Waals surface area contributed by atoms with Crippen LogP contribution in [0.1, 0.15) is 5.76 Å². The van der Waals surface area contributed by atoms with Crippen molar-refractivity contribution in [2.75, 3.05) is 5.32 Å². The van der Waals surface area contributed by atoms with Crippen LogP contribution in [-0.4, -0.2) is 10.9 Å². The van der Waals surface area contributed by atoms with E-state index in [-0.39, 0.29) is 5.91 Å². The molecule has 0 aliphatic carbocycles. The molecule has 4 rings (SSSR count). The predicted octanol–water partition coefficient (Wildman–Crippen LogP) is 5.72. The first-order chi connectivity index (χ1) is 13.3. The summed E-state index contributed by atoms with van der Waals surface area (Å²) < 4.78 is 5.16. The van der Waals surface area contributed by atoms with E-state index in [9.17, 15) is 4.79 Å². The van der Waals surface area contributed by atoms with E-state index < -0.39 is 0 Å². The number of furan rings is 1. The van der Waals surface area contributed by atoms with Gasteiger partial charge in [0, 0.05) is 28.3 Å². The highest BCUT2D eigenvalue weighted by atomic mass is 32.1. The third-order valence-electron chi connectivity index (χ3n) is 3.92. The number of nitrogens with zero attached hydrogens (tertiary/aromatic N) is 1. The number of carbonyl (C=O) groups excluding carboxylic acids is 1. The van der Waals surface area contributed by atoms with Crippen molar-refractivity contribution in [1.29, 1.82) is 0 Å². The zero-order valence-electron chi connectivity index (χ0n) is 14.3. The van der Waals surface area contributed by atoms with Crippen LogP contribution in [0.15, 0.2) is 88.9 Å². The highest BCUT2D eigenvalue weighted by molar-refractivity contribution is 7.13. The van der Waals surface area contributed by atoms with E-state index in [2.05, 4.69) is 17.4 Å². The van der Waals surface area contributed by atoms with Gasteiger partial charge in [-0.15, -0.1) is 11.3 Å². The van der Waals surface area contributed by atoms with Gasteiger partial charge in [0.25, 0.3) is 0 Å². The summed E-state index contributed by atoms with van der Waals surface area (Å²) in [5, 5.41) is 5.86. The monoisotopic (exact) mass is 372 g/mol. The van der Waals surface area contributed by atoms with E-state index >= 15 is 0 Å². The molecule has 4 aromatic rings. The van der Waals surface area contributed by atoms with Crippen molar-refractivity contribution in [1.82, 2.24) is 4.98 Å². The molecule has 132 valence electrons. The van der Waals surface area contributed by atoms with Crippen LogP contribution in [-0.2, 0) is 4.79 Å². The standard InChI is InChI=1S/C22H16N2O2S/c25-21(13-12-19-7-4-14-26-19)23-18-10-8-16(9-11-18)20-15-27-22(24-20)17-5-2-1-3-6-17/h1-15H,(H,23,25)/b13-12+. The van der Waals surface area contributed by atoms with Crippen LogP contribution in [0.3, 0.4) is 0 Å². The van der Waals surface area contributed by atoms with Crippen LogP contribution in [0, 0.1) is 0 Å². The Morgan fingerprint density at radius 1 is 0.963 bits per heavy atom. The third kappa shape index (κ3) is 4.22. The highest BCUT2D eigenvalue weighted by Crippen LogP contribution is 2.29. The molecule has 0 bridgehead atoms. The Kier molecular flexibility index (Phi) is 4.94. The molecule has 1 amide bonds. The summed E-state index contributed by atoms with van der Waals surface area (Å²) in [5.74, 6) is 0.428. The lowest BCUT2D eigenvalue weighted by atomic mass is 10.1. The van der Waals surface area contributed by atoms with Gasteiger partial charge in [-0.2, -0.15) is 0 Å². The van der Waals surface area contributed by atoms with Gasteiger partial charge in [-0.1, -0.05) is 42.5 Å². The Bertz CT molecular complexity index is 1050. The fourth-order valence-electron chi connectivity index (χ4n) is 2.57. The van der Waals surface area contributed by atoms with E-state index in [1.54, 1.807) is 35.8 Å². The fraction of sp³-hybridized carbons (Fsp3) is 0. The Morgan fingerprint density at radius 2 is 1.78 bits per heavy atom. The van der Waals surface area contributed by atoms with Crippen LogP contribution in [0.4, 0.5) is 5.69 Å². The van der Waals surface area contributed by atoms with E-state index in [0.717, 1.165) is 27.5 Å². The molecule has 0 aliphatic heterocycles. The topological polar surface area (TPSA) is 55.1 Å². The molecule has 0 unspecified atom stereocenters. The first kappa shape index (κ1) is 17.0. The van der Waals surface area contributed by atoms with Crippen LogP contribution in [0.2, 0.25) is 0 Å². The third-order valence-corrected chi connectivity index (χ3v) is 4.81. The molecule has 4 nitrogen and oxygen atoms in total. The second-order valence-corrected chi connectivity index (χ2v) is 6.68. The van der Waals surface area contributed by atoms with E-state index in [4.69, 9.17) is 9.40 Å². The number of carbonyl (C=O) groups is 1. The van der Waals surface area contributed by atoms with Crippen molar-refractivity contribution in [2.45, 2.75) is 0 Å². The van der Waals surface area contributed by atoms with Gasteiger partial charge in [0.1, 0.15) is 10.8 Å². The van der Waals surface area contributed by atoms with E-state index in [1.807, 2.05) is 47.8 Å². The molecule has 0 saturated carbocycles. The largest absolute Gasteiger partial charge is 0.465 e. The molecule has 2 heterocycles. The lowest BCUT2D eigenvalue weighted by molar-refractivity contribution is -0.111. The van der Waals surface area contributed by atoms with Crippen LogP contribution in [0.5, 0.6) is 0 Å². The summed E-state index contributed by atoms with van der Waals surface area (Å²) >= 11 is 1.62. The Balaban J connectivity index is 1.43. The smallest absolute Gasteiger partial charge is 0.248 e. The molecule has 0 saturated heterocycles. The Hall–Kier alpha value is -3.44. The molecule has 2 aromatic carbocycles. The number of benzene rings is 2. The van der Waals surface area contributed by atoms with Gasteiger partial charge >= 0.3 is 0 Å². The van der Waals surface area contributed by atoms with Crippen molar-refractivity contribution < 1.29 is 9.21 Å². The van der Waals surface area contributed by atoms with E-state index in [1.165, 1.54) is 6.08 Å². The van der Waals surface area contributed by atoms with E-state index in [0.29, 0.717) is 5.76 Å². The zero-order valence-corrected chi connectivity index (χ0v) is 15.1. The number of aromatic nitrogens is 1. The van der Waals surface area contributed by atoms with Gasteiger partial charge in [-0.05, 0) is 30.3 Å². The number of anilines is 1. The first-order valence-corrected chi connectivity index (χ1v) is 9.30. The number of thiazole rings is 1. The summed E-state index contributed by atoms with van der Waals surface area (Å²) in [4.78, 5) is 16.7. The fourth-order valence-corrected chi connectivity index (χ4v) is 3.41. The molecule has 0 fully saturated rings. The summed E-state index contributed by atoms with van der Waals surface area (Å²) in [6.45, 7) is 0. The average molecular weight is 372 g/mol. The lowest BCUT2D eigenvalue weighted by Gasteiger charge is -2.03. The summed E-state index contributed by atoms with van der Waals surface area (Å²) in [7, 11) is 0. The zero-order chi connectivity index (χ0) is 18.5. The van der Waals surface area contributed by atoms with Crippen LogP contribution < -0.4 is 5.32 Å². The predicted molar refractivity (Wildman–Crippen MR) is 109 cm³/mol. The number of amides is 1. The second-order valence-electron chi connectivity index (χ2n) is 5.82. The molecular weight excluding hydrogens is 356 g/mol. The maximum absolute atomic E-state index is 12.0. The highest BCUT2D eigenvalue weighted by Gasteiger charge is 2.07. The summed E-state index contributed by atoms with van der Waals surface area (Å²) in [6.07, 6.45) is 4.64. The van der Waals surface area contributed by atoms with Gasteiger partial charge in [-0.3, -0.25) is 4.79 Å². The summed E-state index contributed by atoms with van der Waals surface area (Å²) in [5.41, 5.74) is 3.78. The van der Waals surface area contributed by atoms with Crippen molar-refractivity contribution in [2.24, 2.45) is 0 Å². The van der Waals surface area contributed by atoms with Crippen LogP contribution >= 0.6 is 11.3 Å². The maximum atomic E-state index is 12.0. The number of rotatable bonds is 5. The van der Waals surface area contributed by atoms with Gasteiger partial charge in [-0.25, -0.2) is 4.98 Å². The Labute approximate surface area is 160 Å². The lowest BCUT2D eigenvalue weighted by Crippen LogP contribution is -2.07. The molecule has 0 aliphatic rings. The van der Waals surface area contributed by atoms with Crippen LogP contribution in [0.25, 0.3) is 27.9 Å². The number of hydrogen-bond acceptors (Lipinski definition) is 4. The molecule has 0 spiro atoms. The second kappa shape index (κ2) is 7.85. The van der Waals surface area contributed by atoms with Gasteiger partial charge < -0.3 is 9.73 Å². The minimum Gasteiger partial charge on any atom is -0.465 e. The van der Waals surface area contributed by atoms with Gasteiger partial charge in [0.2, 0.25) is 5.91 Å². The quantitative estimate of drug-likeness (QED) is 0.456. The molecule has 27 heavy (non-hydrogen) atoms. The molecule has 0 atom stereocenters.